The van der Waals surface area contributed by atoms with E-state index < -0.39 is 0 Å². The monoisotopic (exact) mass is 447 g/mol. The molecule has 0 aliphatic carbocycles. The Balaban J connectivity index is 1.50. The number of hydrogen-bond donors (Lipinski definition) is 1. The number of anilines is 2. The molecule has 1 saturated heterocycles. The van der Waals surface area contributed by atoms with Gasteiger partial charge in [-0.05, 0) is 11.6 Å². The number of nitrogens with one attached hydrogen (secondary N) is 1. The van der Waals surface area contributed by atoms with Crippen molar-refractivity contribution in [2.75, 3.05) is 43.6 Å². The summed E-state index contributed by atoms with van der Waals surface area (Å²) in [6.45, 7) is 4.14. The first-order valence-corrected chi connectivity index (χ1v) is 11.5. The van der Waals surface area contributed by atoms with Crippen LogP contribution in [0.4, 0.5) is 11.6 Å². The van der Waals surface area contributed by atoms with Crippen molar-refractivity contribution < 1.29 is 9.47 Å². The molecule has 1 aromatic carbocycles. The van der Waals surface area contributed by atoms with Gasteiger partial charge in [0.2, 0.25) is 0 Å². The van der Waals surface area contributed by atoms with E-state index in [1.807, 2.05) is 18.3 Å². The fraction of sp³-hybridized carbons (Fsp3) is 0.292. The van der Waals surface area contributed by atoms with Crippen molar-refractivity contribution in [3.63, 3.8) is 0 Å². The summed E-state index contributed by atoms with van der Waals surface area (Å²) in [6.07, 6.45) is 1.85. The molecular formula is C24H25N5O2S. The fourth-order valence-electron chi connectivity index (χ4n) is 3.94. The van der Waals surface area contributed by atoms with Gasteiger partial charge in [0.1, 0.15) is 23.1 Å². The van der Waals surface area contributed by atoms with Crippen LogP contribution in [0.1, 0.15) is 11.4 Å². The van der Waals surface area contributed by atoms with Gasteiger partial charge >= 0.3 is 0 Å². The number of nitrogens with zero attached hydrogens (tertiary/aromatic N) is 4. The van der Waals surface area contributed by atoms with Gasteiger partial charge in [-0.2, -0.15) is 0 Å². The third-order valence-corrected chi connectivity index (χ3v) is 6.33. The number of pyridine rings is 1. The summed E-state index contributed by atoms with van der Waals surface area (Å²) in [5.74, 6) is 2.49. The van der Waals surface area contributed by atoms with Gasteiger partial charge in [-0.3, -0.25) is 0 Å². The van der Waals surface area contributed by atoms with Gasteiger partial charge in [0.15, 0.2) is 5.82 Å². The average Bonchev–Trinajstić information content (AvgIpc) is 3.28. The number of benzene rings is 1. The molecule has 8 heteroatoms. The van der Waals surface area contributed by atoms with Gasteiger partial charge in [0.25, 0.3) is 0 Å². The van der Waals surface area contributed by atoms with Crippen molar-refractivity contribution in [3.05, 3.63) is 65.4 Å². The third-order valence-electron chi connectivity index (χ3n) is 5.46. The standard InChI is InChI=1S/C24H25N5O2S/c1-30-15-20-27-22(21-19(16-32-24(21)28-20)17-6-3-2-4-7-17)26-14-18-8-5-9-25-23(18)29-10-12-31-13-11-29/h2-9,16H,10-15H2,1H3,(H,26,27,28). The summed E-state index contributed by atoms with van der Waals surface area (Å²) in [4.78, 5) is 17.4. The first-order valence-electron chi connectivity index (χ1n) is 10.7. The van der Waals surface area contributed by atoms with Gasteiger partial charge in [-0.1, -0.05) is 36.4 Å². The second-order valence-corrected chi connectivity index (χ2v) is 8.41. The van der Waals surface area contributed by atoms with E-state index in [2.05, 4.69) is 50.9 Å². The number of aromatic nitrogens is 3. The zero-order valence-electron chi connectivity index (χ0n) is 18.0. The number of methoxy groups -OCH3 is 1. The van der Waals surface area contributed by atoms with Crippen molar-refractivity contribution in [1.29, 1.82) is 0 Å². The topological polar surface area (TPSA) is 72.4 Å². The second kappa shape index (κ2) is 9.60. The summed E-state index contributed by atoms with van der Waals surface area (Å²) in [7, 11) is 1.66. The average molecular weight is 448 g/mol. The minimum absolute atomic E-state index is 0.370. The lowest BCUT2D eigenvalue weighted by atomic mass is 10.1. The lowest BCUT2D eigenvalue weighted by molar-refractivity contribution is 0.122. The molecule has 0 atom stereocenters. The van der Waals surface area contributed by atoms with Crippen LogP contribution in [0.25, 0.3) is 21.3 Å². The third kappa shape index (κ3) is 4.29. The second-order valence-electron chi connectivity index (χ2n) is 7.56. The first-order chi connectivity index (χ1) is 15.8. The molecule has 0 saturated carbocycles. The highest BCUT2D eigenvalue weighted by Gasteiger charge is 2.18. The molecule has 4 heterocycles. The molecule has 1 N–H and O–H groups in total. The van der Waals surface area contributed by atoms with Crippen LogP contribution in [0.5, 0.6) is 0 Å². The zero-order chi connectivity index (χ0) is 21.8. The van der Waals surface area contributed by atoms with Crippen LogP contribution >= 0.6 is 11.3 Å². The van der Waals surface area contributed by atoms with Crippen molar-refractivity contribution in [3.8, 4) is 11.1 Å². The quantitative estimate of drug-likeness (QED) is 0.452. The molecule has 5 rings (SSSR count). The molecule has 4 aromatic rings. The maximum absolute atomic E-state index is 5.51. The van der Waals surface area contributed by atoms with Crippen LogP contribution in [0.15, 0.2) is 54.0 Å². The number of rotatable bonds is 7. The number of thiophene rings is 1. The molecule has 0 spiro atoms. The summed E-state index contributed by atoms with van der Waals surface area (Å²) >= 11 is 1.63. The summed E-state index contributed by atoms with van der Waals surface area (Å²) in [5.41, 5.74) is 3.42. The first kappa shape index (κ1) is 20.8. The smallest absolute Gasteiger partial charge is 0.158 e. The summed E-state index contributed by atoms with van der Waals surface area (Å²) < 4.78 is 10.8. The van der Waals surface area contributed by atoms with Crippen molar-refractivity contribution >= 4 is 33.2 Å². The van der Waals surface area contributed by atoms with Crippen LogP contribution in [0, 0.1) is 0 Å². The van der Waals surface area contributed by atoms with Gasteiger partial charge in [0, 0.05) is 49.4 Å². The van der Waals surface area contributed by atoms with Gasteiger partial charge in [-0.25, -0.2) is 15.0 Å². The number of morpholine rings is 1. The van der Waals surface area contributed by atoms with Crippen LogP contribution in [0.3, 0.4) is 0 Å². The Morgan fingerprint density at radius 3 is 2.75 bits per heavy atom. The zero-order valence-corrected chi connectivity index (χ0v) is 18.8. The van der Waals surface area contributed by atoms with E-state index in [9.17, 15) is 0 Å². The minimum atomic E-state index is 0.370. The Bertz CT molecular complexity index is 1190. The SMILES string of the molecule is COCc1nc(NCc2cccnc2N2CCOCC2)c2c(-c3ccccc3)csc2n1. The fourth-order valence-corrected chi connectivity index (χ4v) is 4.91. The van der Waals surface area contributed by atoms with Crippen LogP contribution in [-0.4, -0.2) is 48.4 Å². The Morgan fingerprint density at radius 1 is 1.09 bits per heavy atom. The van der Waals surface area contributed by atoms with E-state index in [1.165, 1.54) is 0 Å². The van der Waals surface area contributed by atoms with E-state index in [1.54, 1.807) is 18.4 Å². The van der Waals surface area contributed by atoms with Crippen molar-refractivity contribution in [2.24, 2.45) is 0 Å². The highest BCUT2D eigenvalue weighted by molar-refractivity contribution is 7.17. The normalized spacial score (nSPS) is 14.1. The predicted molar refractivity (Wildman–Crippen MR) is 128 cm³/mol. The van der Waals surface area contributed by atoms with E-state index in [4.69, 9.17) is 19.4 Å². The van der Waals surface area contributed by atoms with E-state index in [0.29, 0.717) is 19.0 Å². The van der Waals surface area contributed by atoms with Crippen LogP contribution < -0.4 is 10.2 Å². The summed E-state index contributed by atoms with van der Waals surface area (Å²) in [6, 6.07) is 14.5. The van der Waals surface area contributed by atoms with Gasteiger partial charge in [0.05, 0.1) is 18.6 Å². The Labute approximate surface area is 191 Å². The Morgan fingerprint density at radius 2 is 1.94 bits per heavy atom. The largest absolute Gasteiger partial charge is 0.378 e. The summed E-state index contributed by atoms with van der Waals surface area (Å²) in [5, 5.41) is 6.77. The highest BCUT2D eigenvalue weighted by atomic mass is 32.1. The molecule has 1 fully saturated rings. The van der Waals surface area contributed by atoms with Gasteiger partial charge < -0.3 is 19.7 Å². The minimum Gasteiger partial charge on any atom is -0.378 e. The molecular weight excluding hydrogens is 422 g/mol. The van der Waals surface area contributed by atoms with Crippen molar-refractivity contribution in [2.45, 2.75) is 13.2 Å². The molecule has 7 nitrogen and oxygen atoms in total. The molecule has 1 aliphatic rings. The van der Waals surface area contributed by atoms with E-state index in [-0.39, 0.29) is 0 Å². The molecule has 1 aliphatic heterocycles. The lowest BCUT2D eigenvalue weighted by Gasteiger charge is -2.29. The molecule has 32 heavy (non-hydrogen) atoms. The van der Waals surface area contributed by atoms with E-state index in [0.717, 1.165) is 64.8 Å². The van der Waals surface area contributed by atoms with Crippen LogP contribution in [0.2, 0.25) is 0 Å². The maximum Gasteiger partial charge on any atom is 0.158 e. The predicted octanol–water partition coefficient (Wildman–Crippen LogP) is 4.35. The lowest BCUT2D eigenvalue weighted by Crippen LogP contribution is -2.37. The molecule has 0 bridgehead atoms. The molecule has 164 valence electrons. The Kier molecular flexibility index (Phi) is 6.24. The number of fused-ring (bicyclic) bond motifs is 1. The van der Waals surface area contributed by atoms with Crippen molar-refractivity contribution in [1.82, 2.24) is 15.0 Å². The van der Waals surface area contributed by atoms with E-state index >= 15 is 0 Å². The number of ether oxygens (including phenoxy) is 2. The Hall–Kier alpha value is -3.07. The molecule has 0 radical (unpaired) electrons. The molecule has 3 aromatic heterocycles. The van der Waals surface area contributed by atoms with Gasteiger partial charge in [-0.15, -0.1) is 11.3 Å². The molecule has 0 amide bonds. The highest BCUT2D eigenvalue weighted by Crippen LogP contribution is 2.37. The molecule has 0 unspecified atom stereocenters. The number of hydrogen-bond acceptors (Lipinski definition) is 8. The maximum atomic E-state index is 5.51. The van der Waals surface area contributed by atoms with Crippen LogP contribution in [-0.2, 0) is 22.6 Å².